The summed E-state index contributed by atoms with van der Waals surface area (Å²) in [7, 11) is 1.31. The van der Waals surface area contributed by atoms with Gasteiger partial charge in [-0.3, -0.25) is 9.59 Å². The summed E-state index contributed by atoms with van der Waals surface area (Å²) in [6.07, 6.45) is 0.192. The van der Waals surface area contributed by atoms with E-state index in [1.165, 1.54) is 7.11 Å². The zero-order chi connectivity index (χ0) is 14.4. The third-order valence-electron chi connectivity index (χ3n) is 2.55. The summed E-state index contributed by atoms with van der Waals surface area (Å²) in [4.78, 5) is 19.9. The first-order valence-electron chi connectivity index (χ1n) is 5.37. The van der Waals surface area contributed by atoms with E-state index in [0.29, 0.717) is 13.0 Å². The molecule has 0 aromatic heterocycles. The lowest BCUT2D eigenvalue weighted by molar-refractivity contribution is -0.126. The van der Waals surface area contributed by atoms with E-state index in [-0.39, 0.29) is 28.8 Å². The van der Waals surface area contributed by atoms with Crippen LogP contribution in [0.5, 0.6) is 0 Å². The molecule has 0 bridgehead atoms. The van der Waals surface area contributed by atoms with E-state index in [0.717, 1.165) is 12.1 Å². The van der Waals surface area contributed by atoms with Crippen LogP contribution in [0.3, 0.4) is 0 Å². The second-order valence-electron chi connectivity index (χ2n) is 3.82. The number of carbonyl (C=O) groups is 2. The summed E-state index contributed by atoms with van der Waals surface area (Å²) >= 11 is 5.42. The Labute approximate surface area is 113 Å². The highest BCUT2D eigenvalue weighted by atomic mass is 35.5. The van der Waals surface area contributed by atoms with Gasteiger partial charge in [0.05, 0.1) is 12.1 Å². The summed E-state index contributed by atoms with van der Waals surface area (Å²) in [6.45, 7) is 0.719. The zero-order valence-electron chi connectivity index (χ0n) is 10.1. The molecule has 0 saturated carbocycles. The van der Waals surface area contributed by atoms with E-state index in [1.54, 1.807) is 0 Å². The van der Waals surface area contributed by atoms with Crippen molar-refractivity contribution >= 4 is 24.0 Å². The predicted octanol–water partition coefficient (Wildman–Crippen LogP) is 2.01. The predicted molar refractivity (Wildman–Crippen MR) is 64.8 cm³/mol. The fraction of sp³-hybridized carbons (Fsp3) is 0.333. The van der Waals surface area contributed by atoms with Crippen molar-refractivity contribution in [2.75, 3.05) is 13.7 Å². The van der Waals surface area contributed by atoms with Gasteiger partial charge < -0.3 is 10.1 Å². The minimum Gasteiger partial charge on any atom is -0.471 e. The number of benzene rings is 1. The van der Waals surface area contributed by atoms with E-state index in [2.05, 4.69) is 10.1 Å². The third kappa shape index (κ3) is 4.17. The Morgan fingerprint density at radius 1 is 1.42 bits per heavy atom. The fourth-order valence-corrected chi connectivity index (χ4v) is 1.83. The topological polar surface area (TPSA) is 55.4 Å². The summed E-state index contributed by atoms with van der Waals surface area (Å²) in [5.41, 5.74) is 0.204. The van der Waals surface area contributed by atoms with Gasteiger partial charge in [-0.05, 0) is 17.7 Å². The molecule has 104 valence electrons. The summed E-state index contributed by atoms with van der Waals surface area (Å²) in [6, 6.07) is 2.00. The maximum absolute atomic E-state index is 13.4. The minimum absolute atomic E-state index is 0.144. The Morgan fingerprint density at radius 3 is 2.53 bits per heavy atom. The molecule has 1 heterocycles. The number of ether oxygens (including phenoxy) is 1. The maximum atomic E-state index is 13.4. The number of hydrogen-bond donors (Lipinski definition) is 1. The van der Waals surface area contributed by atoms with Crippen molar-refractivity contribution < 1.29 is 23.1 Å². The molecule has 1 aliphatic rings. The summed E-state index contributed by atoms with van der Waals surface area (Å²) in [5, 5.41) is 2.33. The molecule has 4 nitrogen and oxygen atoms in total. The Balaban J connectivity index is 0.000000399. The van der Waals surface area contributed by atoms with Crippen molar-refractivity contribution in [3.05, 3.63) is 34.4 Å². The molecule has 0 spiro atoms. The van der Waals surface area contributed by atoms with Gasteiger partial charge >= 0.3 is 0 Å². The summed E-state index contributed by atoms with van der Waals surface area (Å²) in [5.74, 6) is -1.67. The van der Waals surface area contributed by atoms with Crippen molar-refractivity contribution in [1.82, 2.24) is 5.32 Å². The number of carbonyl (C=O) groups excluding carboxylic acids is 2. The largest absolute Gasteiger partial charge is 0.471 e. The van der Waals surface area contributed by atoms with Crippen LogP contribution >= 0.6 is 11.6 Å². The number of amides is 1. The lowest BCUT2D eigenvalue weighted by Gasteiger charge is -2.09. The van der Waals surface area contributed by atoms with Crippen LogP contribution in [0, 0.1) is 11.6 Å². The van der Waals surface area contributed by atoms with Gasteiger partial charge in [0.15, 0.2) is 0 Å². The minimum atomic E-state index is -0.660. The van der Waals surface area contributed by atoms with Gasteiger partial charge in [-0.25, -0.2) is 8.78 Å². The van der Waals surface area contributed by atoms with Crippen molar-refractivity contribution in [3.8, 4) is 0 Å². The van der Waals surface area contributed by atoms with Gasteiger partial charge in [0.2, 0.25) is 5.91 Å². The number of halogens is 3. The molecule has 0 unspecified atom stereocenters. The molecule has 1 amide bonds. The maximum Gasteiger partial charge on any atom is 0.292 e. The number of rotatable bonds is 2. The molecule has 1 aromatic rings. The molecule has 19 heavy (non-hydrogen) atoms. The lowest BCUT2D eigenvalue weighted by atomic mass is 9.97. The third-order valence-corrected chi connectivity index (χ3v) is 2.84. The Morgan fingerprint density at radius 2 is 2.05 bits per heavy atom. The van der Waals surface area contributed by atoms with E-state index in [4.69, 9.17) is 16.4 Å². The van der Waals surface area contributed by atoms with Gasteiger partial charge in [0.25, 0.3) is 6.47 Å². The van der Waals surface area contributed by atoms with Gasteiger partial charge in [-0.15, -0.1) is 0 Å². The Bertz CT molecular complexity index is 482. The highest BCUT2D eigenvalue weighted by molar-refractivity contribution is 6.30. The molecular weight excluding hydrogens is 280 g/mol. The van der Waals surface area contributed by atoms with Crippen LogP contribution < -0.4 is 5.32 Å². The first kappa shape index (κ1) is 15.4. The molecule has 1 fully saturated rings. The summed E-state index contributed by atoms with van der Waals surface area (Å²) < 4.78 is 30.4. The van der Waals surface area contributed by atoms with Crippen LogP contribution in [-0.4, -0.2) is 26.0 Å². The highest BCUT2D eigenvalue weighted by Crippen LogP contribution is 2.28. The van der Waals surface area contributed by atoms with Crippen LogP contribution in [0.4, 0.5) is 8.78 Å². The molecule has 7 heteroatoms. The monoisotopic (exact) mass is 291 g/mol. The van der Waals surface area contributed by atoms with Crippen molar-refractivity contribution in [1.29, 1.82) is 0 Å². The molecule has 1 N–H and O–H groups in total. The van der Waals surface area contributed by atoms with Crippen LogP contribution in [-0.2, 0) is 14.3 Å². The second kappa shape index (κ2) is 7.04. The fourth-order valence-electron chi connectivity index (χ4n) is 1.68. The quantitative estimate of drug-likeness (QED) is 0.670. The molecule has 0 aliphatic carbocycles. The highest BCUT2D eigenvalue weighted by Gasteiger charge is 2.26. The molecule has 2 rings (SSSR count). The average Bonchev–Trinajstić information content (AvgIpc) is 2.80. The van der Waals surface area contributed by atoms with E-state index >= 15 is 0 Å². The van der Waals surface area contributed by atoms with Gasteiger partial charge in [-0.1, -0.05) is 11.6 Å². The van der Waals surface area contributed by atoms with Crippen LogP contribution in [0.15, 0.2) is 12.1 Å². The molecule has 1 aromatic carbocycles. The normalized spacial score (nSPS) is 17.3. The van der Waals surface area contributed by atoms with Crippen LogP contribution in [0.25, 0.3) is 0 Å². The number of methoxy groups -OCH3 is 1. The van der Waals surface area contributed by atoms with Crippen LogP contribution in [0.2, 0.25) is 5.02 Å². The molecule has 0 radical (unpaired) electrons. The van der Waals surface area contributed by atoms with Gasteiger partial charge in [0, 0.05) is 18.9 Å². The standard InChI is InChI=1S/C10H8ClF2NO.C2H4O2/c11-7-3-8(12)6(2-9(7)13)5-1-10(15)14-4-5;1-4-2-3/h2-3,5H,1,4H2,(H,14,15);2H,1H3/t5-;/m0./s1. The number of hydrogen-bond acceptors (Lipinski definition) is 3. The second-order valence-corrected chi connectivity index (χ2v) is 4.23. The zero-order valence-corrected chi connectivity index (χ0v) is 10.8. The van der Waals surface area contributed by atoms with Crippen molar-refractivity contribution in [2.24, 2.45) is 0 Å². The van der Waals surface area contributed by atoms with E-state index in [9.17, 15) is 13.6 Å². The first-order chi connectivity index (χ1) is 8.99. The molecule has 1 atom stereocenters. The van der Waals surface area contributed by atoms with Crippen molar-refractivity contribution in [2.45, 2.75) is 12.3 Å². The van der Waals surface area contributed by atoms with Gasteiger partial charge in [-0.2, -0.15) is 0 Å². The smallest absolute Gasteiger partial charge is 0.292 e. The lowest BCUT2D eigenvalue weighted by Crippen LogP contribution is -2.13. The average molecular weight is 292 g/mol. The molecule has 1 aliphatic heterocycles. The first-order valence-corrected chi connectivity index (χ1v) is 5.75. The van der Waals surface area contributed by atoms with Crippen molar-refractivity contribution in [3.63, 3.8) is 0 Å². The van der Waals surface area contributed by atoms with E-state index in [1.807, 2.05) is 0 Å². The number of nitrogens with one attached hydrogen (secondary N) is 1. The SMILES string of the molecule is COC=O.O=C1C[C@H](c2cc(F)c(Cl)cc2F)CN1. The van der Waals surface area contributed by atoms with E-state index < -0.39 is 11.6 Å². The molecular formula is C12H12ClF2NO3. The Kier molecular flexibility index (Phi) is 5.69. The van der Waals surface area contributed by atoms with Gasteiger partial charge in [0.1, 0.15) is 11.6 Å². The molecule has 1 saturated heterocycles. The van der Waals surface area contributed by atoms with Crippen LogP contribution in [0.1, 0.15) is 17.9 Å². The Hall–Kier alpha value is -1.69.